The Morgan fingerprint density at radius 1 is 1.04 bits per heavy atom. The van der Waals surface area contributed by atoms with Crippen LogP contribution < -0.4 is 10.1 Å². The van der Waals surface area contributed by atoms with Crippen LogP contribution in [-0.4, -0.2) is 38.2 Å². The van der Waals surface area contributed by atoms with E-state index in [1.165, 1.54) is 22.8 Å². The predicted octanol–water partition coefficient (Wildman–Crippen LogP) is 3.84. The summed E-state index contributed by atoms with van der Waals surface area (Å²) in [4.78, 5) is 2.64. The Balaban J connectivity index is 2.06. The van der Waals surface area contributed by atoms with Crippen LogP contribution in [0, 0.1) is 5.92 Å². The number of methoxy groups -OCH3 is 1. The number of nitrogens with one attached hydrogen (secondary N) is 1. The number of ether oxygens (including phenoxy) is 1. The summed E-state index contributed by atoms with van der Waals surface area (Å²) in [5.41, 5.74) is 1.44. The van der Waals surface area contributed by atoms with E-state index in [1.807, 2.05) is 0 Å². The highest BCUT2D eigenvalue weighted by atomic mass is 16.5. The predicted molar refractivity (Wildman–Crippen MR) is 97.1 cm³/mol. The molecule has 0 amide bonds. The molecule has 0 unspecified atom stereocenters. The third kappa shape index (κ3) is 3.51. The molecule has 2 aromatic carbocycles. The average Bonchev–Trinajstić information content (AvgIpc) is 2.59. The van der Waals surface area contributed by atoms with Crippen LogP contribution >= 0.6 is 0 Å². The highest BCUT2D eigenvalue weighted by Crippen LogP contribution is 2.36. The third-order valence-electron chi connectivity index (χ3n) is 4.78. The van der Waals surface area contributed by atoms with Gasteiger partial charge in [0.05, 0.1) is 7.11 Å². The maximum Gasteiger partial charge on any atom is 0.126 e. The lowest BCUT2D eigenvalue weighted by atomic mass is 9.91. The second-order valence-corrected chi connectivity index (χ2v) is 6.83. The Morgan fingerprint density at radius 3 is 2.39 bits per heavy atom. The zero-order chi connectivity index (χ0) is 16.2. The highest BCUT2D eigenvalue weighted by molar-refractivity contribution is 5.91. The van der Waals surface area contributed by atoms with Crippen molar-refractivity contribution in [1.82, 2.24) is 10.2 Å². The van der Waals surface area contributed by atoms with E-state index in [-0.39, 0.29) is 0 Å². The fraction of sp³-hybridized carbons (Fsp3) is 0.500. The van der Waals surface area contributed by atoms with Gasteiger partial charge in [0, 0.05) is 37.6 Å². The number of hydrogen-bond donors (Lipinski definition) is 1. The van der Waals surface area contributed by atoms with Crippen LogP contribution in [0.25, 0.3) is 10.8 Å². The van der Waals surface area contributed by atoms with Gasteiger partial charge in [-0.15, -0.1) is 0 Å². The maximum absolute atomic E-state index is 5.57. The van der Waals surface area contributed by atoms with Gasteiger partial charge >= 0.3 is 0 Å². The summed E-state index contributed by atoms with van der Waals surface area (Å²) in [6.07, 6.45) is 1.19. The molecule has 1 heterocycles. The molecule has 0 bridgehead atoms. The molecule has 0 aromatic heterocycles. The molecule has 0 spiro atoms. The molecule has 1 saturated heterocycles. The molecular weight excluding hydrogens is 284 g/mol. The van der Waals surface area contributed by atoms with E-state index in [1.54, 1.807) is 7.11 Å². The Morgan fingerprint density at radius 2 is 1.74 bits per heavy atom. The lowest BCUT2D eigenvalue weighted by molar-refractivity contribution is 0.155. The molecule has 3 rings (SSSR count). The lowest BCUT2D eigenvalue weighted by Gasteiger charge is -2.37. The summed E-state index contributed by atoms with van der Waals surface area (Å²) >= 11 is 0. The van der Waals surface area contributed by atoms with E-state index in [9.17, 15) is 0 Å². The van der Waals surface area contributed by atoms with Gasteiger partial charge in [-0.3, -0.25) is 4.90 Å². The first-order chi connectivity index (χ1) is 11.2. The van der Waals surface area contributed by atoms with Gasteiger partial charge in [0.25, 0.3) is 0 Å². The van der Waals surface area contributed by atoms with Crippen LogP contribution in [0.4, 0.5) is 0 Å². The van der Waals surface area contributed by atoms with E-state index in [4.69, 9.17) is 4.74 Å². The van der Waals surface area contributed by atoms with Crippen molar-refractivity contribution in [2.75, 3.05) is 33.3 Å². The minimum Gasteiger partial charge on any atom is -0.496 e. The molecule has 3 nitrogen and oxygen atoms in total. The fourth-order valence-electron chi connectivity index (χ4n) is 3.68. The van der Waals surface area contributed by atoms with E-state index in [0.29, 0.717) is 12.0 Å². The van der Waals surface area contributed by atoms with Gasteiger partial charge in [0.2, 0.25) is 0 Å². The number of fused-ring (bicyclic) bond motifs is 1. The molecule has 1 N–H and O–H groups in total. The van der Waals surface area contributed by atoms with Crippen LogP contribution in [0.15, 0.2) is 36.4 Å². The molecule has 0 saturated carbocycles. The Hall–Kier alpha value is -1.58. The van der Waals surface area contributed by atoms with Gasteiger partial charge in [-0.2, -0.15) is 0 Å². The van der Waals surface area contributed by atoms with Crippen molar-refractivity contribution in [2.45, 2.75) is 26.3 Å². The van der Waals surface area contributed by atoms with E-state index >= 15 is 0 Å². The van der Waals surface area contributed by atoms with Crippen LogP contribution in [0.5, 0.6) is 5.75 Å². The summed E-state index contributed by atoms with van der Waals surface area (Å²) in [5, 5.41) is 6.02. The van der Waals surface area contributed by atoms with Gasteiger partial charge in [-0.05, 0) is 29.4 Å². The largest absolute Gasteiger partial charge is 0.496 e. The van der Waals surface area contributed by atoms with Crippen molar-refractivity contribution in [3.05, 3.63) is 42.0 Å². The Kier molecular flexibility index (Phi) is 5.19. The molecule has 3 heteroatoms. The van der Waals surface area contributed by atoms with Crippen molar-refractivity contribution >= 4 is 10.8 Å². The number of piperazine rings is 1. The smallest absolute Gasteiger partial charge is 0.126 e. The standard InChI is InChI=1S/C20H28N2O/c1-15(2)14-19(22-12-10-21-11-13-22)17-8-9-20(23-3)18-7-5-4-6-16(17)18/h4-9,15,19,21H,10-14H2,1-3H3/t19-/m1/s1. The number of rotatable bonds is 5. The molecule has 1 atom stereocenters. The quantitative estimate of drug-likeness (QED) is 0.908. The van der Waals surface area contributed by atoms with Crippen LogP contribution in [0.3, 0.4) is 0 Å². The normalized spacial score (nSPS) is 17.6. The molecule has 2 aromatic rings. The van der Waals surface area contributed by atoms with Crippen molar-refractivity contribution in [3.8, 4) is 5.75 Å². The SMILES string of the molecule is COc1ccc([C@@H](CC(C)C)N2CCNCC2)c2ccccc12. The van der Waals surface area contributed by atoms with E-state index < -0.39 is 0 Å². The third-order valence-corrected chi connectivity index (χ3v) is 4.78. The molecule has 1 aliphatic heterocycles. The number of nitrogens with zero attached hydrogens (tertiary/aromatic N) is 1. The molecule has 23 heavy (non-hydrogen) atoms. The number of hydrogen-bond acceptors (Lipinski definition) is 3. The fourth-order valence-corrected chi connectivity index (χ4v) is 3.68. The molecule has 1 aliphatic rings. The minimum absolute atomic E-state index is 0.480. The van der Waals surface area contributed by atoms with Gasteiger partial charge < -0.3 is 10.1 Å². The second-order valence-electron chi connectivity index (χ2n) is 6.83. The Bertz CT molecular complexity index is 647. The van der Waals surface area contributed by atoms with Crippen molar-refractivity contribution in [3.63, 3.8) is 0 Å². The zero-order valence-corrected chi connectivity index (χ0v) is 14.5. The molecule has 124 valence electrons. The first-order valence-corrected chi connectivity index (χ1v) is 8.71. The van der Waals surface area contributed by atoms with Crippen molar-refractivity contribution < 1.29 is 4.74 Å². The first-order valence-electron chi connectivity index (χ1n) is 8.71. The van der Waals surface area contributed by atoms with Gasteiger partial charge in [0.15, 0.2) is 0 Å². The van der Waals surface area contributed by atoms with E-state index in [2.05, 4.69) is 60.5 Å². The average molecular weight is 312 g/mol. The first kappa shape index (κ1) is 16.3. The molecule has 0 aliphatic carbocycles. The topological polar surface area (TPSA) is 24.5 Å². The second kappa shape index (κ2) is 7.33. The van der Waals surface area contributed by atoms with Gasteiger partial charge in [-0.25, -0.2) is 0 Å². The van der Waals surface area contributed by atoms with Crippen molar-refractivity contribution in [1.29, 1.82) is 0 Å². The van der Waals surface area contributed by atoms with E-state index in [0.717, 1.165) is 31.9 Å². The summed E-state index contributed by atoms with van der Waals surface area (Å²) in [7, 11) is 1.75. The monoisotopic (exact) mass is 312 g/mol. The van der Waals surface area contributed by atoms with Crippen LogP contribution in [0.1, 0.15) is 31.9 Å². The van der Waals surface area contributed by atoms with Gasteiger partial charge in [0.1, 0.15) is 5.75 Å². The maximum atomic E-state index is 5.57. The van der Waals surface area contributed by atoms with Crippen molar-refractivity contribution in [2.24, 2.45) is 5.92 Å². The highest BCUT2D eigenvalue weighted by Gasteiger charge is 2.25. The summed E-state index contributed by atoms with van der Waals surface area (Å²) < 4.78 is 5.57. The summed E-state index contributed by atoms with van der Waals surface area (Å²) in [6.45, 7) is 9.06. The van der Waals surface area contributed by atoms with Crippen LogP contribution in [-0.2, 0) is 0 Å². The minimum atomic E-state index is 0.480. The van der Waals surface area contributed by atoms with Crippen LogP contribution in [0.2, 0.25) is 0 Å². The summed E-state index contributed by atoms with van der Waals surface area (Å²) in [6, 6.07) is 13.5. The Labute approximate surface area is 139 Å². The lowest BCUT2D eigenvalue weighted by Crippen LogP contribution is -2.45. The molecular formula is C20H28N2O. The molecule has 0 radical (unpaired) electrons. The molecule has 1 fully saturated rings. The zero-order valence-electron chi connectivity index (χ0n) is 14.5. The van der Waals surface area contributed by atoms with Gasteiger partial charge in [-0.1, -0.05) is 44.2 Å². The number of benzene rings is 2. The summed E-state index contributed by atoms with van der Waals surface area (Å²) in [5.74, 6) is 1.64.